The lowest BCUT2D eigenvalue weighted by Gasteiger charge is -2.33. The summed E-state index contributed by atoms with van der Waals surface area (Å²) in [5.41, 5.74) is 7.83. The molecule has 3 aromatic heterocycles. The number of piperidine rings is 1. The van der Waals surface area contributed by atoms with Gasteiger partial charge in [-0.05, 0) is 43.7 Å². The minimum absolute atomic E-state index is 0.595. The quantitative estimate of drug-likeness (QED) is 0.646. The predicted octanol–water partition coefficient (Wildman–Crippen LogP) is 2.92. The van der Waals surface area contributed by atoms with E-state index in [1.54, 1.807) is 17.7 Å². The van der Waals surface area contributed by atoms with Gasteiger partial charge in [-0.2, -0.15) is 0 Å². The van der Waals surface area contributed by atoms with Crippen LogP contribution in [0.3, 0.4) is 0 Å². The molecule has 132 valence electrons. The molecular weight excluding hydrogens is 352 g/mol. The maximum absolute atomic E-state index is 5.67. The number of hydrogen-bond donors (Lipinski definition) is 2. The first kappa shape index (κ1) is 16.7. The Balaban J connectivity index is 1.24. The summed E-state index contributed by atoms with van der Waals surface area (Å²) in [6.45, 7) is 3.12. The van der Waals surface area contributed by atoms with Gasteiger partial charge in [0.2, 0.25) is 0 Å². The van der Waals surface area contributed by atoms with Crippen LogP contribution >= 0.6 is 22.7 Å². The third-order valence-corrected chi connectivity index (χ3v) is 6.25. The summed E-state index contributed by atoms with van der Waals surface area (Å²) in [7, 11) is 0. The van der Waals surface area contributed by atoms with Crippen LogP contribution in [0.15, 0.2) is 23.2 Å². The molecule has 0 amide bonds. The van der Waals surface area contributed by atoms with Gasteiger partial charge in [0.1, 0.15) is 12.1 Å². The molecule has 0 unspecified atom stereocenters. The number of nitrogens with zero attached hydrogens (tertiary/aromatic N) is 4. The number of nitrogen functional groups attached to an aromatic ring is 1. The second-order valence-corrected chi connectivity index (χ2v) is 8.13. The van der Waals surface area contributed by atoms with Gasteiger partial charge in [-0.3, -0.25) is 0 Å². The van der Waals surface area contributed by atoms with Crippen LogP contribution in [0.4, 0.5) is 10.9 Å². The van der Waals surface area contributed by atoms with E-state index in [1.165, 1.54) is 16.0 Å². The molecule has 3 N–H and O–H groups in total. The molecule has 25 heavy (non-hydrogen) atoms. The van der Waals surface area contributed by atoms with Gasteiger partial charge in [-0.1, -0.05) is 0 Å². The Bertz CT molecular complexity index is 821. The molecule has 1 saturated heterocycles. The average molecular weight is 375 g/mol. The molecule has 0 saturated carbocycles. The van der Waals surface area contributed by atoms with Crippen LogP contribution in [-0.2, 0) is 6.42 Å². The molecule has 3 aromatic rings. The zero-order chi connectivity index (χ0) is 17.1. The number of fused-ring (bicyclic) bond motifs is 1. The summed E-state index contributed by atoms with van der Waals surface area (Å²) in [5, 5.41) is 8.50. The van der Waals surface area contributed by atoms with Crippen molar-refractivity contribution in [2.75, 3.05) is 30.3 Å². The number of aromatic nitrogens is 3. The average Bonchev–Trinajstić information content (AvgIpc) is 3.28. The van der Waals surface area contributed by atoms with E-state index >= 15 is 0 Å². The second kappa shape index (κ2) is 7.63. The Hall–Kier alpha value is -1.77. The lowest BCUT2D eigenvalue weighted by Crippen LogP contribution is -2.43. The SMILES string of the molecule is Nc1nc(CCCNC2CCN(c3ncnc4ccsc34)CC2)cs1. The van der Waals surface area contributed by atoms with Crippen molar-refractivity contribution in [3.05, 3.63) is 28.8 Å². The highest BCUT2D eigenvalue weighted by atomic mass is 32.1. The zero-order valence-corrected chi connectivity index (χ0v) is 15.7. The lowest BCUT2D eigenvalue weighted by atomic mass is 10.0. The maximum atomic E-state index is 5.67. The number of aryl methyl sites for hydroxylation is 1. The number of nitrogens with two attached hydrogens (primary N) is 1. The van der Waals surface area contributed by atoms with Crippen molar-refractivity contribution in [1.82, 2.24) is 20.3 Å². The number of thiazole rings is 1. The zero-order valence-electron chi connectivity index (χ0n) is 14.0. The predicted molar refractivity (Wildman–Crippen MR) is 106 cm³/mol. The van der Waals surface area contributed by atoms with E-state index in [2.05, 4.69) is 42.0 Å². The van der Waals surface area contributed by atoms with E-state index in [1.807, 2.05) is 0 Å². The van der Waals surface area contributed by atoms with Gasteiger partial charge in [0, 0.05) is 24.5 Å². The van der Waals surface area contributed by atoms with Crippen LogP contribution in [0.2, 0.25) is 0 Å². The number of anilines is 2. The summed E-state index contributed by atoms with van der Waals surface area (Å²) in [6.07, 6.45) is 6.09. The Morgan fingerprint density at radius 1 is 1.24 bits per heavy atom. The molecule has 4 heterocycles. The minimum atomic E-state index is 0.595. The third-order valence-electron chi connectivity index (χ3n) is 4.63. The fraction of sp³-hybridized carbons (Fsp3) is 0.471. The van der Waals surface area contributed by atoms with Crippen molar-refractivity contribution in [3.8, 4) is 0 Å². The van der Waals surface area contributed by atoms with Crippen molar-refractivity contribution in [3.63, 3.8) is 0 Å². The molecule has 8 heteroatoms. The molecule has 0 bridgehead atoms. The van der Waals surface area contributed by atoms with Gasteiger partial charge < -0.3 is 16.0 Å². The van der Waals surface area contributed by atoms with Crippen molar-refractivity contribution >= 4 is 43.8 Å². The molecular formula is C17H22N6S2. The molecule has 4 rings (SSSR count). The van der Waals surface area contributed by atoms with Gasteiger partial charge in [-0.15, -0.1) is 22.7 Å². The van der Waals surface area contributed by atoms with Crippen molar-refractivity contribution in [2.24, 2.45) is 0 Å². The third kappa shape index (κ3) is 3.91. The first-order chi connectivity index (χ1) is 12.3. The van der Waals surface area contributed by atoms with E-state index in [4.69, 9.17) is 5.73 Å². The van der Waals surface area contributed by atoms with Crippen molar-refractivity contribution in [2.45, 2.75) is 31.7 Å². The van der Waals surface area contributed by atoms with E-state index in [9.17, 15) is 0 Å². The monoisotopic (exact) mass is 374 g/mol. The largest absolute Gasteiger partial charge is 0.375 e. The van der Waals surface area contributed by atoms with E-state index in [0.717, 1.165) is 62.3 Å². The molecule has 0 aromatic carbocycles. The van der Waals surface area contributed by atoms with Gasteiger partial charge in [-0.25, -0.2) is 15.0 Å². The van der Waals surface area contributed by atoms with Crippen LogP contribution in [0.25, 0.3) is 10.2 Å². The van der Waals surface area contributed by atoms with E-state index < -0.39 is 0 Å². The Kier molecular flexibility index (Phi) is 5.09. The van der Waals surface area contributed by atoms with Gasteiger partial charge in [0.05, 0.1) is 15.9 Å². The molecule has 1 fully saturated rings. The Labute approximate surface area is 155 Å². The van der Waals surface area contributed by atoms with E-state index in [-0.39, 0.29) is 0 Å². The summed E-state index contributed by atoms with van der Waals surface area (Å²) in [5.74, 6) is 1.10. The van der Waals surface area contributed by atoms with Gasteiger partial charge >= 0.3 is 0 Å². The number of nitrogens with one attached hydrogen (secondary N) is 1. The fourth-order valence-electron chi connectivity index (χ4n) is 3.31. The summed E-state index contributed by atoms with van der Waals surface area (Å²) >= 11 is 3.25. The smallest absolute Gasteiger partial charge is 0.180 e. The highest BCUT2D eigenvalue weighted by Gasteiger charge is 2.21. The first-order valence-corrected chi connectivity index (χ1v) is 10.4. The number of thiophene rings is 1. The van der Waals surface area contributed by atoms with Crippen LogP contribution < -0.4 is 16.0 Å². The fourth-order valence-corrected chi connectivity index (χ4v) is 4.77. The first-order valence-electron chi connectivity index (χ1n) is 8.66. The Morgan fingerprint density at radius 3 is 2.92 bits per heavy atom. The van der Waals surface area contributed by atoms with Crippen LogP contribution in [0.5, 0.6) is 0 Å². The standard InChI is InChI=1S/C17H22N6S2/c18-17-22-13(10-25-17)2-1-6-19-12-3-7-23(8-4-12)16-15-14(5-9-24-15)20-11-21-16/h5,9-12,19H,1-4,6-8H2,(H2,18,22). The summed E-state index contributed by atoms with van der Waals surface area (Å²) in [4.78, 5) is 15.6. The number of rotatable bonds is 6. The van der Waals surface area contributed by atoms with Gasteiger partial charge in [0.15, 0.2) is 5.13 Å². The van der Waals surface area contributed by atoms with Crippen LogP contribution in [0, 0.1) is 0 Å². The molecule has 0 radical (unpaired) electrons. The van der Waals surface area contributed by atoms with Crippen LogP contribution in [0.1, 0.15) is 25.0 Å². The molecule has 0 spiro atoms. The lowest BCUT2D eigenvalue weighted by molar-refractivity contribution is 0.412. The highest BCUT2D eigenvalue weighted by Crippen LogP contribution is 2.29. The molecule has 1 aliphatic heterocycles. The van der Waals surface area contributed by atoms with Gasteiger partial charge in [0.25, 0.3) is 0 Å². The summed E-state index contributed by atoms with van der Waals surface area (Å²) in [6, 6.07) is 2.66. The van der Waals surface area contributed by atoms with Crippen molar-refractivity contribution < 1.29 is 0 Å². The van der Waals surface area contributed by atoms with Crippen molar-refractivity contribution in [1.29, 1.82) is 0 Å². The molecule has 0 aliphatic carbocycles. The number of hydrogen-bond acceptors (Lipinski definition) is 8. The highest BCUT2D eigenvalue weighted by molar-refractivity contribution is 7.17. The van der Waals surface area contributed by atoms with E-state index in [0.29, 0.717) is 11.2 Å². The second-order valence-electron chi connectivity index (χ2n) is 6.33. The summed E-state index contributed by atoms with van der Waals surface area (Å²) < 4.78 is 1.21. The topological polar surface area (TPSA) is 80.0 Å². The minimum Gasteiger partial charge on any atom is -0.375 e. The molecule has 6 nitrogen and oxygen atoms in total. The molecule has 1 aliphatic rings. The van der Waals surface area contributed by atoms with Crippen LogP contribution in [-0.4, -0.2) is 40.6 Å². The maximum Gasteiger partial charge on any atom is 0.180 e. The molecule has 0 atom stereocenters. The normalized spacial score (nSPS) is 15.9. The Morgan fingerprint density at radius 2 is 2.12 bits per heavy atom.